The van der Waals surface area contributed by atoms with E-state index in [1.54, 1.807) is 31.4 Å². The lowest BCUT2D eigenvalue weighted by Gasteiger charge is -2.65. The van der Waals surface area contributed by atoms with E-state index in [1.165, 1.54) is 0 Å². The summed E-state index contributed by atoms with van der Waals surface area (Å²) in [6, 6.07) is 8.83. The molecule has 3 aliphatic heterocycles. The van der Waals surface area contributed by atoms with Crippen molar-refractivity contribution in [2.45, 2.75) is 43.0 Å². The van der Waals surface area contributed by atoms with Gasteiger partial charge < -0.3 is 24.1 Å². The number of rotatable bonds is 4. The van der Waals surface area contributed by atoms with Crippen LogP contribution in [0, 0.1) is 11.3 Å². The van der Waals surface area contributed by atoms with Crippen LogP contribution in [0.25, 0.3) is 0 Å². The van der Waals surface area contributed by atoms with Gasteiger partial charge in [-0.1, -0.05) is 18.2 Å². The third kappa shape index (κ3) is 1.34. The summed E-state index contributed by atoms with van der Waals surface area (Å²) in [7, 11) is 1.62. The zero-order valence-electron chi connectivity index (χ0n) is 13.7. The number of methoxy groups -OCH3 is 1. The van der Waals surface area contributed by atoms with Gasteiger partial charge in [-0.3, -0.25) is 0 Å². The first kappa shape index (κ1) is 14.8. The maximum absolute atomic E-state index is 12.3. The SMILES string of the molecule is CO[C@]12C[C@]3(C)O[C@H](O1)[C@]1(COC(=O)c4ccccc4)[C@H]2C[C@@]13O. The summed E-state index contributed by atoms with van der Waals surface area (Å²) < 4.78 is 23.3. The van der Waals surface area contributed by atoms with E-state index in [1.807, 2.05) is 13.0 Å². The van der Waals surface area contributed by atoms with Crippen molar-refractivity contribution in [1.29, 1.82) is 0 Å². The zero-order valence-corrected chi connectivity index (χ0v) is 13.7. The molecule has 6 aliphatic rings. The monoisotopic (exact) mass is 332 g/mol. The lowest BCUT2D eigenvalue weighted by molar-refractivity contribution is -0.390. The number of esters is 1. The molecule has 0 aromatic heterocycles. The van der Waals surface area contributed by atoms with Crippen LogP contribution < -0.4 is 0 Å². The lowest BCUT2D eigenvalue weighted by Crippen LogP contribution is -2.78. The normalized spacial score (nSPS) is 50.0. The van der Waals surface area contributed by atoms with E-state index in [2.05, 4.69) is 0 Å². The predicted octanol–water partition coefficient (Wildman–Crippen LogP) is 1.47. The van der Waals surface area contributed by atoms with Gasteiger partial charge in [-0.05, 0) is 25.5 Å². The van der Waals surface area contributed by atoms with E-state index in [0.29, 0.717) is 18.4 Å². The van der Waals surface area contributed by atoms with Gasteiger partial charge in [0.15, 0.2) is 12.1 Å². The maximum atomic E-state index is 12.3. The molecule has 24 heavy (non-hydrogen) atoms. The molecule has 1 aromatic rings. The minimum absolute atomic E-state index is 0.0378. The van der Waals surface area contributed by atoms with Crippen LogP contribution in [-0.4, -0.2) is 48.1 Å². The second-order valence-corrected chi connectivity index (χ2v) is 7.59. The molecule has 0 unspecified atom stereocenters. The van der Waals surface area contributed by atoms with E-state index in [-0.39, 0.29) is 12.5 Å². The minimum Gasteiger partial charge on any atom is -0.461 e. The first-order valence-corrected chi connectivity index (χ1v) is 8.26. The van der Waals surface area contributed by atoms with Crippen molar-refractivity contribution in [3.05, 3.63) is 35.9 Å². The third-order valence-corrected chi connectivity index (χ3v) is 6.77. The fourth-order valence-electron chi connectivity index (χ4n) is 5.49. The van der Waals surface area contributed by atoms with Crippen molar-refractivity contribution >= 4 is 5.97 Å². The van der Waals surface area contributed by atoms with Crippen LogP contribution in [0.15, 0.2) is 30.3 Å². The molecule has 1 aromatic carbocycles. The Bertz CT molecular complexity index is 721. The van der Waals surface area contributed by atoms with Gasteiger partial charge >= 0.3 is 5.97 Å². The van der Waals surface area contributed by atoms with E-state index >= 15 is 0 Å². The topological polar surface area (TPSA) is 74.2 Å². The summed E-state index contributed by atoms with van der Waals surface area (Å²) in [5, 5.41) is 11.3. The van der Waals surface area contributed by atoms with Crippen molar-refractivity contribution in [3.8, 4) is 0 Å². The molecule has 1 N–H and O–H groups in total. The highest BCUT2D eigenvalue weighted by Crippen LogP contribution is 2.80. The standard InChI is InChI=1S/C18H20O6/c1-15-9-17(21-2)12-8-18(15,20)16(12,14(23-15)24-17)10-22-13(19)11-6-4-3-5-7-11/h3-7,12,14,20H,8-10H2,1-2H3/t12-,14-,15+,16+,17-,18+/m1/s1. The van der Waals surface area contributed by atoms with E-state index in [0.717, 1.165) is 0 Å². The van der Waals surface area contributed by atoms with E-state index < -0.39 is 34.7 Å². The van der Waals surface area contributed by atoms with Crippen LogP contribution in [0.1, 0.15) is 30.1 Å². The van der Waals surface area contributed by atoms with Crippen molar-refractivity contribution in [3.63, 3.8) is 0 Å². The summed E-state index contributed by atoms with van der Waals surface area (Å²) in [5.41, 5.74) is -2.05. The van der Waals surface area contributed by atoms with Crippen LogP contribution in [-0.2, 0) is 18.9 Å². The summed E-state index contributed by atoms with van der Waals surface area (Å²) in [5.74, 6) is -1.19. The second-order valence-electron chi connectivity index (χ2n) is 7.59. The van der Waals surface area contributed by atoms with Crippen molar-refractivity contribution in [1.82, 2.24) is 0 Å². The Morgan fingerprint density at radius 2 is 2.08 bits per heavy atom. The molecule has 3 saturated heterocycles. The van der Waals surface area contributed by atoms with Gasteiger partial charge in [-0.15, -0.1) is 0 Å². The number of carbonyl (C=O) groups excluding carboxylic acids is 1. The van der Waals surface area contributed by atoms with Gasteiger partial charge in [0.05, 0.1) is 11.0 Å². The first-order chi connectivity index (χ1) is 11.4. The van der Waals surface area contributed by atoms with Gasteiger partial charge in [0.1, 0.15) is 17.8 Å². The molecule has 0 radical (unpaired) electrons. The van der Waals surface area contributed by atoms with Crippen LogP contribution in [0.3, 0.4) is 0 Å². The smallest absolute Gasteiger partial charge is 0.338 e. The molecule has 6 fully saturated rings. The highest BCUT2D eigenvalue weighted by molar-refractivity contribution is 5.89. The van der Waals surface area contributed by atoms with Crippen LogP contribution in [0.4, 0.5) is 0 Å². The average Bonchev–Trinajstić information content (AvgIpc) is 2.79. The highest BCUT2D eigenvalue weighted by atomic mass is 16.8. The number of aliphatic hydroxyl groups is 1. The second kappa shape index (κ2) is 4.19. The Kier molecular flexibility index (Phi) is 2.59. The summed E-state index contributed by atoms with van der Waals surface area (Å²) in [4.78, 5) is 12.3. The molecular weight excluding hydrogens is 312 g/mol. The number of hydrogen-bond acceptors (Lipinski definition) is 6. The van der Waals surface area contributed by atoms with Gasteiger partial charge in [-0.2, -0.15) is 0 Å². The van der Waals surface area contributed by atoms with Crippen molar-refractivity contribution < 1.29 is 28.8 Å². The third-order valence-electron chi connectivity index (χ3n) is 6.77. The molecule has 128 valence electrons. The first-order valence-electron chi connectivity index (χ1n) is 8.26. The zero-order chi connectivity index (χ0) is 16.8. The number of ether oxygens (including phenoxy) is 4. The van der Waals surface area contributed by atoms with Crippen LogP contribution in [0.5, 0.6) is 0 Å². The molecule has 6 atom stereocenters. The van der Waals surface area contributed by atoms with Gasteiger partial charge in [0.2, 0.25) is 0 Å². The average molecular weight is 332 g/mol. The molecular formula is C18H20O6. The van der Waals surface area contributed by atoms with Crippen LogP contribution >= 0.6 is 0 Å². The summed E-state index contributed by atoms with van der Waals surface area (Å²) in [6.45, 7) is 1.96. The lowest BCUT2D eigenvalue weighted by atomic mass is 9.41. The number of hydrogen-bond donors (Lipinski definition) is 1. The summed E-state index contributed by atoms with van der Waals surface area (Å²) in [6.07, 6.45) is 0.419. The molecule has 7 rings (SSSR count). The Balaban J connectivity index is 1.45. The van der Waals surface area contributed by atoms with E-state index in [4.69, 9.17) is 18.9 Å². The highest BCUT2D eigenvalue weighted by Gasteiger charge is 2.93. The Morgan fingerprint density at radius 3 is 2.79 bits per heavy atom. The van der Waals surface area contributed by atoms with Gasteiger partial charge in [0, 0.05) is 19.4 Å². The van der Waals surface area contributed by atoms with Gasteiger partial charge in [-0.25, -0.2) is 4.79 Å². The molecule has 3 heterocycles. The predicted molar refractivity (Wildman–Crippen MR) is 80.9 cm³/mol. The van der Waals surface area contributed by atoms with E-state index in [9.17, 15) is 9.90 Å². The molecule has 0 amide bonds. The Hall–Kier alpha value is -1.47. The molecule has 0 spiro atoms. The molecule has 6 bridgehead atoms. The fourth-order valence-corrected chi connectivity index (χ4v) is 5.49. The Labute approximate surface area is 139 Å². The number of carbonyl (C=O) groups is 1. The molecule has 6 heteroatoms. The minimum atomic E-state index is -1.05. The Morgan fingerprint density at radius 1 is 1.33 bits per heavy atom. The molecule has 6 nitrogen and oxygen atoms in total. The largest absolute Gasteiger partial charge is 0.461 e. The van der Waals surface area contributed by atoms with Gasteiger partial charge in [0.25, 0.3) is 0 Å². The van der Waals surface area contributed by atoms with Crippen molar-refractivity contribution in [2.24, 2.45) is 11.3 Å². The number of benzene rings is 1. The summed E-state index contributed by atoms with van der Waals surface area (Å²) >= 11 is 0. The fraction of sp³-hybridized carbons (Fsp3) is 0.611. The quantitative estimate of drug-likeness (QED) is 0.842. The van der Waals surface area contributed by atoms with Crippen molar-refractivity contribution in [2.75, 3.05) is 13.7 Å². The maximum Gasteiger partial charge on any atom is 0.338 e. The molecule has 3 aliphatic carbocycles. The molecule has 3 saturated carbocycles. The van der Waals surface area contributed by atoms with Crippen LogP contribution in [0.2, 0.25) is 0 Å².